The molecule has 0 aromatic heterocycles. The maximum Gasteiger partial charge on any atom is 0.0615 e. The fourth-order valence-corrected chi connectivity index (χ4v) is 5.12. The Morgan fingerprint density at radius 1 is 0.595 bits per heavy atom. The average Bonchev–Trinajstić information content (AvgIpc) is 3.06. The highest BCUT2D eigenvalue weighted by Gasteiger charge is 2.13. The molecule has 1 nitrogen and oxygen atoms in total. The molecule has 0 aliphatic heterocycles. The summed E-state index contributed by atoms with van der Waals surface area (Å²) in [6, 6.07) is 44.4. The zero-order valence-electron chi connectivity index (χ0n) is 24.2. The lowest BCUT2D eigenvalue weighted by molar-refractivity contribution is 1.48. The van der Waals surface area contributed by atoms with Gasteiger partial charge in [0.25, 0.3) is 0 Å². The summed E-state index contributed by atoms with van der Waals surface area (Å²) in [6.07, 6.45) is 10.0. The van der Waals surface area contributed by atoms with Crippen LogP contribution in [-0.2, 0) is 0 Å². The largest absolute Gasteiger partial charge is 0.300 e. The first-order valence-corrected chi connectivity index (χ1v) is 14.3. The molecule has 1 N–H and O–H groups in total. The zero-order chi connectivity index (χ0) is 29.3. The third kappa shape index (κ3) is 6.54. The van der Waals surface area contributed by atoms with Crippen molar-refractivity contribution in [2.75, 3.05) is 0 Å². The van der Waals surface area contributed by atoms with Crippen LogP contribution in [0.25, 0.3) is 44.5 Å². The Morgan fingerprint density at radius 2 is 1.19 bits per heavy atom. The third-order valence-electron chi connectivity index (χ3n) is 7.38. The van der Waals surface area contributed by atoms with Crippen LogP contribution in [0.1, 0.15) is 30.5 Å². The van der Waals surface area contributed by atoms with Crippen molar-refractivity contribution >= 4 is 16.9 Å². The van der Waals surface area contributed by atoms with Crippen LogP contribution in [0.3, 0.4) is 0 Å². The second-order valence-electron chi connectivity index (χ2n) is 10.3. The summed E-state index contributed by atoms with van der Waals surface area (Å²) in [5.74, 6) is 0. The van der Waals surface area contributed by atoms with Crippen LogP contribution in [0.4, 0.5) is 0 Å². The number of benzene rings is 5. The van der Waals surface area contributed by atoms with E-state index >= 15 is 0 Å². The van der Waals surface area contributed by atoms with Gasteiger partial charge in [-0.25, -0.2) is 0 Å². The molecular weight excluding hydrogens is 506 g/mol. The van der Waals surface area contributed by atoms with Gasteiger partial charge in [-0.1, -0.05) is 134 Å². The molecule has 0 saturated heterocycles. The molecule has 0 fully saturated rings. The van der Waals surface area contributed by atoms with E-state index in [0.717, 1.165) is 39.0 Å². The van der Waals surface area contributed by atoms with Crippen molar-refractivity contribution in [3.8, 4) is 33.4 Å². The van der Waals surface area contributed by atoms with Crippen LogP contribution in [0.2, 0.25) is 0 Å². The van der Waals surface area contributed by atoms with E-state index in [1.54, 1.807) is 0 Å². The summed E-state index contributed by atoms with van der Waals surface area (Å²) in [5.41, 5.74) is 12.7. The second kappa shape index (κ2) is 13.4. The standard InChI is InChI=1S/C41H35N/c1-4-6-16-31(5-2)37-26-36(30(3)25-41(42)34-21-14-9-15-22-34)27-38(28-37)35-23-24-39(32-17-10-7-11-18-32)40(29-35)33-19-12-8-13-20-33/h4-29,42H,2H2,1,3H3/b6-4-,30-25+,31-16+,42-41?. The summed E-state index contributed by atoms with van der Waals surface area (Å²) in [6.45, 7) is 8.20. The van der Waals surface area contributed by atoms with Gasteiger partial charge in [0.05, 0.1) is 5.71 Å². The lowest BCUT2D eigenvalue weighted by Crippen LogP contribution is -1.96. The van der Waals surface area contributed by atoms with Gasteiger partial charge in [0.2, 0.25) is 0 Å². The minimum absolute atomic E-state index is 0.493. The number of allylic oxidation sites excluding steroid dienone is 7. The fraction of sp³-hybridized carbons (Fsp3) is 0.0488. The normalized spacial score (nSPS) is 12.0. The molecule has 0 radical (unpaired) electrons. The van der Waals surface area contributed by atoms with Crippen LogP contribution >= 0.6 is 0 Å². The van der Waals surface area contributed by atoms with Crippen LogP contribution in [0, 0.1) is 5.41 Å². The summed E-state index contributed by atoms with van der Waals surface area (Å²) in [4.78, 5) is 0. The highest BCUT2D eigenvalue weighted by Crippen LogP contribution is 2.37. The van der Waals surface area contributed by atoms with E-state index in [0.29, 0.717) is 5.71 Å². The Balaban J connectivity index is 1.68. The molecule has 0 spiro atoms. The van der Waals surface area contributed by atoms with E-state index in [1.807, 2.05) is 61.6 Å². The highest BCUT2D eigenvalue weighted by molar-refractivity contribution is 6.10. The van der Waals surface area contributed by atoms with Crippen LogP contribution in [0.5, 0.6) is 0 Å². The van der Waals surface area contributed by atoms with E-state index in [4.69, 9.17) is 5.41 Å². The summed E-state index contributed by atoms with van der Waals surface area (Å²) in [7, 11) is 0. The van der Waals surface area contributed by atoms with Crippen molar-refractivity contribution in [3.05, 3.63) is 181 Å². The maximum atomic E-state index is 8.71. The molecule has 0 saturated carbocycles. The van der Waals surface area contributed by atoms with Gasteiger partial charge >= 0.3 is 0 Å². The number of hydrogen-bond donors (Lipinski definition) is 1. The maximum absolute atomic E-state index is 8.71. The topological polar surface area (TPSA) is 23.9 Å². The van der Waals surface area contributed by atoms with Crippen molar-refractivity contribution in [2.45, 2.75) is 13.8 Å². The quantitative estimate of drug-likeness (QED) is 0.142. The van der Waals surface area contributed by atoms with Crippen LogP contribution < -0.4 is 0 Å². The van der Waals surface area contributed by atoms with Gasteiger partial charge in [-0.2, -0.15) is 0 Å². The number of rotatable bonds is 9. The molecule has 0 unspecified atom stereocenters. The van der Waals surface area contributed by atoms with E-state index in [9.17, 15) is 0 Å². The molecule has 1 heteroatoms. The zero-order valence-corrected chi connectivity index (χ0v) is 24.2. The van der Waals surface area contributed by atoms with E-state index < -0.39 is 0 Å². The average molecular weight is 542 g/mol. The van der Waals surface area contributed by atoms with Crippen molar-refractivity contribution in [1.29, 1.82) is 5.41 Å². The molecule has 0 aliphatic carbocycles. The number of hydrogen-bond acceptors (Lipinski definition) is 1. The molecule has 42 heavy (non-hydrogen) atoms. The smallest absolute Gasteiger partial charge is 0.0615 e. The molecule has 0 amide bonds. The molecule has 0 heterocycles. The predicted octanol–water partition coefficient (Wildman–Crippen LogP) is 11.3. The lowest BCUT2D eigenvalue weighted by atomic mass is 9.88. The Morgan fingerprint density at radius 3 is 1.81 bits per heavy atom. The van der Waals surface area contributed by atoms with Crippen molar-refractivity contribution in [2.24, 2.45) is 0 Å². The molecule has 5 rings (SSSR count). The monoisotopic (exact) mass is 541 g/mol. The molecule has 0 atom stereocenters. The number of nitrogens with one attached hydrogen (secondary N) is 1. The SMILES string of the molecule is C=C/C(=C\C=C/C)c1cc(/C(C)=C/C(=N)c2ccccc2)cc(-c2ccc(-c3ccccc3)c(-c3ccccc3)c2)c1. The highest BCUT2D eigenvalue weighted by atomic mass is 14.4. The lowest BCUT2D eigenvalue weighted by Gasteiger charge is -2.16. The van der Waals surface area contributed by atoms with Gasteiger partial charge in [0, 0.05) is 0 Å². The first-order chi connectivity index (χ1) is 20.6. The molecule has 5 aromatic carbocycles. The first-order valence-electron chi connectivity index (χ1n) is 14.3. The summed E-state index contributed by atoms with van der Waals surface area (Å²) in [5, 5.41) is 8.71. The van der Waals surface area contributed by atoms with Gasteiger partial charge in [0.1, 0.15) is 0 Å². The van der Waals surface area contributed by atoms with Crippen LogP contribution in [-0.4, -0.2) is 5.71 Å². The minimum atomic E-state index is 0.493. The van der Waals surface area contributed by atoms with Gasteiger partial charge < -0.3 is 5.41 Å². The Kier molecular flexibility index (Phi) is 9.01. The predicted molar refractivity (Wildman–Crippen MR) is 183 cm³/mol. The molecular formula is C41H35N. The second-order valence-corrected chi connectivity index (χ2v) is 10.3. The molecule has 0 aliphatic rings. The summed E-state index contributed by atoms with van der Waals surface area (Å²) >= 11 is 0. The van der Waals surface area contributed by atoms with E-state index in [2.05, 4.69) is 117 Å². The van der Waals surface area contributed by atoms with E-state index in [1.165, 1.54) is 22.3 Å². The van der Waals surface area contributed by atoms with Crippen molar-refractivity contribution in [3.63, 3.8) is 0 Å². The van der Waals surface area contributed by atoms with E-state index in [-0.39, 0.29) is 0 Å². The summed E-state index contributed by atoms with van der Waals surface area (Å²) < 4.78 is 0. The van der Waals surface area contributed by atoms with Crippen molar-refractivity contribution in [1.82, 2.24) is 0 Å². The Bertz CT molecular complexity index is 1790. The van der Waals surface area contributed by atoms with Gasteiger partial charge in [-0.3, -0.25) is 0 Å². The fourth-order valence-electron chi connectivity index (χ4n) is 5.12. The Hall–Kier alpha value is -5.27. The molecule has 5 aromatic rings. The first kappa shape index (κ1) is 28.3. The van der Waals surface area contributed by atoms with Gasteiger partial charge in [-0.15, -0.1) is 0 Å². The minimum Gasteiger partial charge on any atom is -0.300 e. The molecule has 0 bridgehead atoms. The molecule has 204 valence electrons. The third-order valence-corrected chi connectivity index (χ3v) is 7.38. The van der Waals surface area contributed by atoms with Gasteiger partial charge in [-0.05, 0) is 105 Å². The van der Waals surface area contributed by atoms with Crippen LogP contribution in [0.15, 0.2) is 164 Å². The van der Waals surface area contributed by atoms with Gasteiger partial charge in [0.15, 0.2) is 0 Å². The van der Waals surface area contributed by atoms with Crippen molar-refractivity contribution < 1.29 is 0 Å². The Labute approximate surface area is 250 Å².